The SMILES string of the molecule is CCCCCCCC/C=C/CCCCCCCCCC(=O)N[C@@H](CO[C@H]1O[C@@H](CO)[C@H](O)C(O)C1O)[C@H](O)CCCCCCCCCCCCCC. The summed E-state index contributed by atoms with van der Waals surface area (Å²) in [7, 11) is 0. The summed E-state index contributed by atoms with van der Waals surface area (Å²) < 4.78 is 11.2. The van der Waals surface area contributed by atoms with Crippen LogP contribution in [0.4, 0.5) is 0 Å². The Kier molecular flexibility index (Phi) is 32.4. The van der Waals surface area contributed by atoms with Gasteiger partial charge in [-0.3, -0.25) is 4.79 Å². The fourth-order valence-corrected chi connectivity index (χ4v) is 7.04. The van der Waals surface area contributed by atoms with E-state index in [1.54, 1.807) is 0 Å². The molecule has 52 heavy (non-hydrogen) atoms. The molecule has 1 fully saturated rings. The van der Waals surface area contributed by atoms with Crippen LogP contribution in [0.25, 0.3) is 0 Å². The molecular weight excluding hydrogens is 658 g/mol. The van der Waals surface area contributed by atoms with Crippen molar-refractivity contribution in [3.63, 3.8) is 0 Å². The topological polar surface area (TPSA) is 149 Å². The molecule has 2 unspecified atom stereocenters. The normalized spacial score (nSPS) is 21.9. The van der Waals surface area contributed by atoms with Crippen LogP contribution in [0, 0.1) is 0 Å². The Labute approximate surface area is 318 Å². The van der Waals surface area contributed by atoms with Crippen molar-refractivity contribution in [2.75, 3.05) is 13.2 Å². The molecule has 0 radical (unpaired) electrons. The van der Waals surface area contributed by atoms with Crippen LogP contribution in [-0.2, 0) is 14.3 Å². The lowest BCUT2D eigenvalue weighted by atomic mass is 9.99. The maximum atomic E-state index is 12.9. The van der Waals surface area contributed by atoms with E-state index in [1.807, 2.05) is 0 Å². The maximum absolute atomic E-state index is 12.9. The van der Waals surface area contributed by atoms with E-state index in [-0.39, 0.29) is 12.5 Å². The molecule has 0 aromatic rings. The molecular formula is C43H83NO8. The predicted molar refractivity (Wildman–Crippen MR) is 212 cm³/mol. The highest BCUT2D eigenvalue weighted by atomic mass is 16.7. The molecule has 6 N–H and O–H groups in total. The fraction of sp³-hybridized carbons (Fsp3) is 0.930. The van der Waals surface area contributed by atoms with Gasteiger partial charge in [0, 0.05) is 6.42 Å². The summed E-state index contributed by atoms with van der Waals surface area (Å²) in [5.74, 6) is -0.149. The first-order valence-electron chi connectivity index (χ1n) is 21.9. The first kappa shape index (κ1) is 48.9. The largest absolute Gasteiger partial charge is 0.394 e. The number of allylic oxidation sites excluding steroid dienone is 2. The molecule has 0 aromatic heterocycles. The number of carbonyl (C=O) groups is 1. The van der Waals surface area contributed by atoms with E-state index >= 15 is 0 Å². The third-order valence-corrected chi connectivity index (χ3v) is 10.6. The standard InChI is InChI=1S/C43H83NO8/c1-3-5-7-9-11-13-15-17-18-19-20-21-23-25-27-29-31-33-39(47)44-36(35-51-43-42(50)41(49)40(48)38(34-45)52-43)37(46)32-30-28-26-24-22-16-14-12-10-8-6-4-2/h17-18,36-38,40-43,45-46,48-50H,3-16,19-35H2,1-2H3,(H,44,47)/b18-17+/t36-,37+,38-,40-,41?,42?,43-/m0/s1. The highest BCUT2D eigenvalue weighted by Crippen LogP contribution is 2.23. The first-order chi connectivity index (χ1) is 25.3. The zero-order valence-corrected chi connectivity index (χ0v) is 33.6. The molecule has 9 nitrogen and oxygen atoms in total. The number of ether oxygens (including phenoxy) is 2. The summed E-state index contributed by atoms with van der Waals surface area (Å²) in [6.07, 6.45) is 30.7. The summed E-state index contributed by atoms with van der Waals surface area (Å²) in [5, 5.41) is 54.2. The minimum absolute atomic E-state index is 0.137. The van der Waals surface area contributed by atoms with E-state index in [1.165, 1.54) is 135 Å². The van der Waals surface area contributed by atoms with Gasteiger partial charge in [-0.1, -0.05) is 167 Å². The number of amides is 1. The van der Waals surface area contributed by atoms with Crippen molar-refractivity contribution >= 4 is 5.91 Å². The Balaban J connectivity index is 2.34. The van der Waals surface area contributed by atoms with Gasteiger partial charge in [0.15, 0.2) is 6.29 Å². The van der Waals surface area contributed by atoms with Gasteiger partial charge < -0.3 is 40.3 Å². The number of aliphatic hydroxyl groups is 5. The molecule has 1 amide bonds. The summed E-state index contributed by atoms with van der Waals surface area (Å²) in [5.41, 5.74) is 0. The Hall–Kier alpha value is -1.07. The summed E-state index contributed by atoms with van der Waals surface area (Å²) in [6, 6.07) is -0.715. The van der Waals surface area contributed by atoms with Crippen molar-refractivity contribution in [2.45, 2.75) is 243 Å². The molecule has 7 atom stereocenters. The predicted octanol–water partition coefficient (Wildman–Crippen LogP) is 8.56. The van der Waals surface area contributed by atoms with Crippen LogP contribution in [-0.4, -0.2) is 87.5 Å². The number of unbranched alkanes of at least 4 members (excludes halogenated alkanes) is 24. The monoisotopic (exact) mass is 742 g/mol. The lowest BCUT2D eigenvalue weighted by Crippen LogP contribution is -2.60. The van der Waals surface area contributed by atoms with Crippen molar-refractivity contribution < 1.29 is 39.8 Å². The van der Waals surface area contributed by atoms with Crippen LogP contribution in [0.15, 0.2) is 12.2 Å². The number of hydrogen-bond donors (Lipinski definition) is 6. The van der Waals surface area contributed by atoms with Gasteiger partial charge in [0.05, 0.1) is 25.4 Å². The average molecular weight is 742 g/mol. The maximum Gasteiger partial charge on any atom is 0.220 e. The van der Waals surface area contributed by atoms with Crippen LogP contribution in [0.1, 0.15) is 200 Å². The van der Waals surface area contributed by atoms with E-state index in [9.17, 15) is 30.3 Å². The van der Waals surface area contributed by atoms with Gasteiger partial charge in [-0.2, -0.15) is 0 Å². The van der Waals surface area contributed by atoms with Gasteiger partial charge in [0.25, 0.3) is 0 Å². The molecule has 0 saturated carbocycles. The molecule has 0 aliphatic carbocycles. The zero-order chi connectivity index (χ0) is 38.1. The van der Waals surface area contributed by atoms with E-state index < -0.39 is 49.5 Å². The van der Waals surface area contributed by atoms with Crippen molar-refractivity contribution in [3.8, 4) is 0 Å². The van der Waals surface area contributed by atoms with E-state index in [4.69, 9.17) is 9.47 Å². The van der Waals surface area contributed by atoms with E-state index in [0.717, 1.165) is 38.5 Å². The van der Waals surface area contributed by atoms with Crippen LogP contribution in [0.3, 0.4) is 0 Å². The van der Waals surface area contributed by atoms with Gasteiger partial charge in [-0.05, 0) is 38.5 Å². The van der Waals surface area contributed by atoms with Crippen LogP contribution >= 0.6 is 0 Å². The molecule has 1 aliphatic rings. The second-order valence-electron chi connectivity index (χ2n) is 15.5. The third kappa shape index (κ3) is 25.1. The Morgan fingerprint density at radius 2 is 1.08 bits per heavy atom. The third-order valence-electron chi connectivity index (χ3n) is 10.6. The van der Waals surface area contributed by atoms with Gasteiger partial charge in [0.2, 0.25) is 5.91 Å². The lowest BCUT2D eigenvalue weighted by molar-refractivity contribution is -0.302. The number of hydrogen-bond acceptors (Lipinski definition) is 8. The van der Waals surface area contributed by atoms with Crippen LogP contribution < -0.4 is 5.32 Å². The van der Waals surface area contributed by atoms with Gasteiger partial charge in [0.1, 0.15) is 24.4 Å². The van der Waals surface area contributed by atoms with Crippen molar-refractivity contribution in [3.05, 3.63) is 12.2 Å². The quantitative estimate of drug-likeness (QED) is 0.0277. The number of rotatable bonds is 36. The minimum atomic E-state index is -1.55. The Bertz CT molecular complexity index is 827. The molecule has 0 spiro atoms. The van der Waals surface area contributed by atoms with Gasteiger partial charge in [-0.25, -0.2) is 0 Å². The van der Waals surface area contributed by atoms with Crippen molar-refractivity contribution in [2.24, 2.45) is 0 Å². The summed E-state index contributed by atoms with van der Waals surface area (Å²) in [6.45, 7) is 3.81. The summed E-state index contributed by atoms with van der Waals surface area (Å²) >= 11 is 0. The van der Waals surface area contributed by atoms with Gasteiger partial charge >= 0.3 is 0 Å². The molecule has 1 aliphatic heterocycles. The number of aliphatic hydroxyl groups excluding tert-OH is 5. The highest BCUT2D eigenvalue weighted by Gasteiger charge is 2.44. The van der Waals surface area contributed by atoms with Crippen molar-refractivity contribution in [1.82, 2.24) is 5.32 Å². The summed E-state index contributed by atoms with van der Waals surface area (Å²) in [4.78, 5) is 12.9. The molecule has 308 valence electrons. The van der Waals surface area contributed by atoms with Crippen LogP contribution in [0.2, 0.25) is 0 Å². The van der Waals surface area contributed by atoms with E-state index in [0.29, 0.717) is 12.8 Å². The molecule has 9 heteroatoms. The Morgan fingerprint density at radius 1 is 0.635 bits per heavy atom. The molecule has 1 saturated heterocycles. The molecule has 1 heterocycles. The average Bonchev–Trinajstić information content (AvgIpc) is 3.14. The van der Waals surface area contributed by atoms with Gasteiger partial charge in [-0.15, -0.1) is 0 Å². The second-order valence-corrected chi connectivity index (χ2v) is 15.5. The highest BCUT2D eigenvalue weighted by molar-refractivity contribution is 5.76. The molecule has 0 bridgehead atoms. The number of nitrogens with one attached hydrogen (secondary N) is 1. The smallest absolute Gasteiger partial charge is 0.220 e. The number of carbonyl (C=O) groups excluding carboxylic acids is 1. The minimum Gasteiger partial charge on any atom is -0.394 e. The van der Waals surface area contributed by atoms with Crippen LogP contribution in [0.5, 0.6) is 0 Å². The zero-order valence-electron chi connectivity index (χ0n) is 33.6. The Morgan fingerprint density at radius 3 is 1.56 bits per heavy atom. The lowest BCUT2D eigenvalue weighted by Gasteiger charge is -2.40. The fourth-order valence-electron chi connectivity index (χ4n) is 7.04. The van der Waals surface area contributed by atoms with Crippen molar-refractivity contribution in [1.29, 1.82) is 0 Å². The molecule has 0 aromatic carbocycles. The second kappa shape index (κ2) is 34.4. The van der Waals surface area contributed by atoms with E-state index in [2.05, 4.69) is 31.3 Å². The first-order valence-corrected chi connectivity index (χ1v) is 21.9. The molecule has 1 rings (SSSR count).